The minimum atomic E-state index is -0.170. The first kappa shape index (κ1) is 23.4. The Labute approximate surface area is 193 Å². The van der Waals surface area contributed by atoms with Crippen molar-refractivity contribution >= 4 is 35.1 Å². The third-order valence-electron chi connectivity index (χ3n) is 5.78. The van der Waals surface area contributed by atoms with Gasteiger partial charge in [-0.2, -0.15) is 0 Å². The van der Waals surface area contributed by atoms with E-state index in [0.717, 1.165) is 36.8 Å². The van der Waals surface area contributed by atoms with E-state index in [-0.39, 0.29) is 11.9 Å². The molecule has 1 aliphatic carbocycles. The van der Waals surface area contributed by atoms with Gasteiger partial charge in [-0.15, -0.1) is 0 Å². The molecule has 5 nitrogen and oxygen atoms in total. The third-order valence-corrected chi connectivity index (χ3v) is 6.40. The van der Waals surface area contributed by atoms with Crippen LogP contribution in [-0.2, 0) is 17.8 Å². The number of halogens is 2. The Morgan fingerprint density at radius 2 is 1.42 bits per heavy atom. The Kier molecular flexibility index (Phi) is 9.04. The summed E-state index contributed by atoms with van der Waals surface area (Å²) >= 11 is 12.0. The summed E-state index contributed by atoms with van der Waals surface area (Å²) in [5.74, 6) is 1.02. The standard InChI is InChI=1S/C24H29Cl2N3O2/c25-21-11-9-17(10-12-21)13-23(30)27-14-18-5-7-19(8-6-18)15-28-24(31)29-16-20-3-1-2-4-22(20)26/h1-4,9-12,18-19H,5-8,13-16H2,(H,27,30)(H2,28,29,31). The fourth-order valence-electron chi connectivity index (χ4n) is 3.86. The molecule has 166 valence electrons. The van der Waals surface area contributed by atoms with Crippen LogP contribution in [0.3, 0.4) is 0 Å². The van der Waals surface area contributed by atoms with Crippen LogP contribution in [-0.4, -0.2) is 25.0 Å². The monoisotopic (exact) mass is 461 g/mol. The average Bonchev–Trinajstić information content (AvgIpc) is 2.78. The van der Waals surface area contributed by atoms with Crippen molar-refractivity contribution in [3.8, 4) is 0 Å². The van der Waals surface area contributed by atoms with Gasteiger partial charge < -0.3 is 16.0 Å². The van der Waals surface area contributed by atoms with Crippen LogP contribution >= 0.6 is 23.2 Å². The number of amides is 3. The molecule has 1 saturated carbocycles. The highest BCUT2D eigenvalue weighted by Crippen LogP contribution is 2.28. The predicted octanol–water partition coefficient (Wildman–Crippen LogP) is 4.96. The van der Waals surface area contributed by atoms with Gasteiger partial charge in [-0.05, 0) is 66.8 Å². The Balaban J connectivity index is 1.28. The van der Waals surface area contributed by atoms with Crippen molar-refractivity contribution in [1.82, 2.24) is 16.0 Å². The van der Waals surface area contributed by atoms with Gasteiger partial charge in [0.15, 0.2) is 0 Å². The maximum absolute atomic E-state index is 12.2. The van der Waals surface area contributed by atoms with Crippen molar-refractivity contribution in [2.45, 2.75) is 38.6 Å². The second-order valence-electron chi connectivity index (χ2n) is 8.15. The van der Waals surface area contributed by atoms with E-state index < -0.39 is 0 Å². The van der Waals surface area contributed by atoms with Gasteiger partial charge in [-0.3, -0.25) is 4.79 Å². The van der Waals surface area contributed by atoms with Crippen LogP contribution in [0, 0.1) is 11.8 Å². The van der Waals surface area contributed by atoms with Gasteiger partial charge in [0, 0.05) is 29.7 Å². The molecule has 0 aliphatic heterocycles. The topological polar surface area (TPSA) is 70.2 Å². The van der Waals surface area contributed by atoms with Gasteiger partial charge in [-0.1, -0.05) is 53.5 Å². The smallest absolute Gasteiger partial charge is 0.315 e. The van der Waals surface area contributed by atoms with Crippen molar-refractivity contribution in [2.24, 2.45) is 11.8 Å². The second-order valence-corrected chi connectivity index (χ2v) is 8.99. The number of hydrogen-bond donors (Lipinski definition) is 3. The Morgan fingerprint density at radius 3 is 2.06 bits per heavy atom. The zero-order valence-corrected chi connectivity index (χ0v) is 19.0. The van der Waals surface area contributed by atoms with Crippen LogP contribution in [0.1, 0.15) is 36.8 Å². The Morgan fingerprint density at radius 1 is 0.806 bits per heavy atom. The summed E-state index contributed by atoms with van der Waals surface area (Å²) in [7, 11) is 0. The molecule has 3 N–H and O–H groups in total. The SMILES string of the molecule is O=C(Cc1ccc(Cl)cc1)NCC1CCC(CNC(=O)NCc2ccccc2Cl)CC1. The number of carbonyl (C=O) groups is 2. The molecule has 0 saturated heterocycles. The number of urea groups is 1. The molecule has 1 fully saturated rings. The van der Waals surface area contributed by atoms with Gasteiger partial charge in [-0.25, -0.2) is 4.79 Å². The molecule has 2 aromatic rings. The summed E-state index contributed by atoms with van der Waals surface area (Å²) in [5.41, 5.74) is 1.86. The molecule has 0 heterocycles. The highest BCUT2D eigenvalue weighted by atomic mass is 35.5. The highest BCUT2D eigenvalue weighted by Gasteiger charge is 2.22. The zero-order valence-electron chi connectivity index (χ0n) is 17.5. The van der Waals surface area contributed by atoms with E-state index in [0.29, 0.717) is 47.9 Å². The lowest BCUT2D eigenvalue weighted by Gasteiger charge is -2.28. The number of nitrogens with one attached hydrogen (secondary N) is 3. The lowest BCUT2D eigenvalue weighted by molar-refractivity contribution is -0.120. The number of benzene rings is 2. The molecule has 0 bridgehead atoms. The molecule has 2 aromatic carbocycles. The van der Waals surface area contributed by atoms with E-state index in [4.69, 9.17) is 23.2 Å². The van der Waals surface area contributed by atoms with Crippen molar-refractivity contribution in [3.63, 3.8) is 0 Å². The molecule has 0 atom stereocenters. The quantitative estimate of drug-likeness (QED) is 0.519. The molecular weight excluding hydrogens is 433 g/mol. The van der Waals surface area contributed by atoms with Crippen LogP contribution in [0.15, 0.2) is 48.5 Å². The van der Waals surface area contributed by atoms with Crippen molar-refractivity contribution < 1.29 is 9.59 Å². The number of rotatable bonds is 8. The first-order valence-electron chi connectivity index (χ1n) is 10.8. The molecular formula is C24H29Cl2N3O2. The van der Waals surface area contributed by atoms with Crippen LogP contribution < -0.4 is 16.0 Å². The molecule has 0 unspecified atom stereocenters. The summed E-state index contributed by atoms with van der Waals surface area (Å²) < 4.78 is 0. The molecule has 1 aliphatic rings. The predicted molar refractivity (Wildman–Crippen MR) is 125 cm³/mol. The first-order valence-corrected chi connectivity index (χ1v) is 11.5. The van der Waals surface area contributed by atoms with Crippen LogP contribution in [0.2, 0.25) is 10.0 Å². The van der Waals surface area contributed by atoms with Gasteiger partial charge in [0.25, 0.3) is 0 Å². The minimum Gasteiger partial charge on any atom is -0.356 e. The molecule has 0 aromatic heterocycles. The maximum Gasteiger partial charge on any atom is 0.315 e. The average molecular weight is 462 g/mol. The van der Waals surface area contributed by atoms with Gasteiger partial charge >= 0.3 is 6.03 Å². The Hall–Kier alpha value is -2.24. The number of hydrogen-bond acceptors (Lipinski definition) is 2. The summed E-state index contributed by atoms with van der Waals surface area (Å²) in [6.07, 6.45) is 4.62. The van der Waals surface area contributed by atoms with Gasteiger partial charge in [0.2, 0.25) is 5.91 Å². The number of carbonyl (C=O) groups excluding carboxylic acids is 2. The summed E-state index contributed by atoms with van der Waals surface area (Å²) in [5, 5.41) is 10.2. The second kappa shape index (κ2) is 12.0. The molecule has 7 heteroatoms. The fourth-order valence-corrected chi connectivity index (χ4v) is 4.19. The normalized spacial score (nSPS) is 18.3. The van der Waals surface area contributed by atoms with Crippen molar-refractivity contribution in [1.29, 1.82) is 0 Å². The molecule has 0 radical (unpaired) electrons. The molecule has 0 spiro atoms. The van der Waals surface area contributed by atoms with E-state index in [1.54, 1.807) is 12.1 Å². The zero-order chi connectivity index (χ0) is 22.1. The summed E-state index contributed by atoms with van der Waals surface area (Å²) in [6, 6.07) is 14.7. The molecule has 31 heavy (non-hydrogen) atoms. The minimum absolute atomic E-state index is 0.0429. The van der Waals surface area contributed by atoms with E-state index in [9.17, 15) is 9.59 Å². The van der Waals surface area contributed by atoms with Crippen LogP contribution in [0.5, 0.6) is 0 Å². The van der Waals surface area contributed by atoms with Crippen molar-refractivity contribution in [2.75, 3.05) is 13.1 Å². The highest BCUT2D eigenvalue weighted by molar-refractivity contribution is 6.31. The van der Waals surface area contributed by atoms with Crippen molar-refractivity contribution in [3.05, 3.63) is 69.7 Å². The first-order chi connectivity index (χ1) is 15.0. The summed E-state index contributed by atoms with van der Waals surface area (Å²) in [4.78, 5) is 24.2. The van der Waals surface area contributed by atoms with Gasteiger partial charge in [0.05, 0.1) is 6.42 Å². The lowest BCUT2D eigenvalue weighted by Crippen LogP contribution is -2.39. The third kappa shape index (κ3) is 8.08. The Bertz CT molecular complexity index is 865. The van der Waals surface area contributed by atoms with Crippen LogP contribution in [0.25, 0.3) is 0 Å². The van der Waals surface area contributed by atoms with Crippen LogP contribution in [0.4, 0.5) is 4.79 Å². The van der Waals surface area contributed by atoms with Gasteiger partial charge in [0.1, 0.15) is 0 Å². The fraction of sp³-hybridized carbons (Fsp3) is 0.417. The molecule has 3 rings (SSSR count). The lowest BCUT2D eigenvalue weighted by atomic mass is 9.82. The largest absolute Gasteiger partial charge is 0.356 e. The maximum atomic E-state index is 12.2. The van der Waals surface area contributed by atoms with E-state index in [1.807, 2.05) is 36.4 Å². The van der Waals surface area contributed by atoms with E-state index in [2.05, 4.69) is 16.0 Å². The molecule has 3 amide bonds. The summed E-state index contributed by atoms with van der Waals surface area (Å²) in [6.45, 7) is 1.79. The van der Waals surface area contributed by atoms with E-state index in [1.165, 1.54) is 0 Å². The van der Waals surface area contributed by atoms with E-state index >= 15 is 0 Å².